The normalized spacial score (nSPS) is 18.6. The molecule has 1 aromatic carbocycles. The van der Waals surface area contributed by atoms with E-state index in [9.17, 15) is 9.59 Å². The zero-order valence-corrected chi connectivity index (χ0v) is 13.3. The Kier molecular flexibility index (Phi) is 4.25. The maximum Gasteiger partial charge on any atom is 0.219 e. The third-order valence-corrected chi connectivity index (χ3v) is 4.57. The lowest BCUT2D eigenvalue weighted by Crippen LogP contribution is -2.41. The SMILES string of the molecule is CC(=O)N1CCC(Nc2cc3c(cc2Cl)C(=O)CCO3)CC1. The minimum atomic E-state index is 0.0736. The number of likely N-dealkylation sites (tertiary alicyclic amines) is 1. The summed E-state index contributed by atoms with van der Waals surface area (Å²) in [4.78, 5) is 25.0. The fraction of sp³-hybridized carbons (Fsp3) is 0.500. The molecule has 0 unspecified atom stereocenters. The molecule has 1 N–H and O–H groups in total. The van der Waals surface area contributed by atoms with E-state index in [-0.39, 0.29) is 17.7 Å². The average Bonchev–Trinajstić information content (AvgIpc) is 2.50. The van der Waals surface area contributed by atoms with Crippen LogP contribution in [0.4, 0.5) is 5.69 Å². The number of halogens is 1. The van der Waals surface area contributed by atoms with Gasteiger partial charge in [-0.2, -0.15) is 0 Å². The van der Waals surface area contributed by atoms with Crippen LogP contribution in [0.5, 0.6) is 5.75 Å². The summed E-state index contributed by atoms with van der Waals surface area (Å²) in [5, 5.41) is 3.95. The molecule has 1 fully saturated rings. The van der Waals surface area contributed by atoms with Gasteiger partial charge >= 0.3 is 0 Å². The number of carbonyl (C=O) groups excluding carboxylic acids is 2. The maximum atomic E-state index is 11.8. The van der Waals surface area contributed by atoms with Crippen molar-refractivity contribution in [3.8, 4) is 5.75 Å². The van der Waals surface area contributed by atoms with Crippen LogP contribution in [-0.4, -0.2) is 42.3 Å². The van der Waals surface area contributed by atoms with Crippen molar-refractivity contribution < 1.29 is 14.3 Å². The fourth-order valence-electron chi connectivity index (χ4n) is 2.95. The molecule has 22 heavy (non-hydrogen) atoms. The zero-order valence-electron chi connectivity index (χ0n) is 12.5. The summed E-state index contributed by atoms with van der Waals surface area (Å²) in [6.45, 7) is 3.53. The fourth-order valence-corrected chi connectivity index (χ4v) is 3.17. The molecule has 5 nitrogen and oxygen atoms in total. The first-order chi connectivity index (χ1) is 10.5. The highest BCUT2D eigenvalue weighted by molar-refractivity contribution is 6.33. The van der Waals surface area contributed by atoms with Crippen LogP contribution in [0.3, 0.4) is 0 Å². The number of fused-ring (bicyclic) bond motifs is 1. The first-order valence-corrected chi connectivity index (χ1v) is 7.94. The molecule has 0 bridgehead atoms. The predicted molar refractivity (Wildman–Crippen MR) is 84.8 cm³/mol. The average molecular weight is 323 g/mol. The monoisotopic (exact) mass is 322 g/mol. The largest absolute Gasteiger partial charge is 0.492 e. The predicted octanol–water partition coefficient (Wildman–Crippen LogP) is 2.73. The molecule has 1 saturated heterocycles. The van der Waals surface area contributed by atoms with E-state index in [0.717, 1.165) is 31.6 Å². The smallest absolute Gasteiger partial charge is 0.219 e. The summed E-state index contributed by atoms with van der Waals surface area (Å²) in [5.41, 5.74) is 1.35. The number of hydrogen-bond donors (Lipinski definition) is 1. The Hall–Kier alpha value is -1.75. The number of ether oxygens (including phenoxy) is 1. The summed E-state index contributed by atoms with van der Waals surface area (Å²) >= 11 is 6.29. The number of carbonyl (C=O) groups is 2. The number of amides is 1. The van der Waals surface area contributed by atoms with Gasteiger partial charge < -0.3 is 15.0 Å². The molecular formula is C16H19ClN2O3. The third kappa shape index (κ3) is 3.04. The lowest BCUT2D eigenvalue weighted by atomic mass is 10.0. The molecular weight excluding hydrogens is 304 g/mol. The number of hydrogen-bond acceptors (Lipinski definition) is 4. The van der Waals surface area contributed by atoms with E-state index >= 15 is 0 Å². The second-order valence-corrected chi connectivity index (χ2v) is 6.18. The number of nitrogens with zero attached hydrogens (tertiary/aromatic N) is 1. The van der Waals surface area contributed by atoms with E-state index in [4.69, 9.17) is 16.3 Å². The molecule has 0 saturated carbocycles. The molecule has 0 spiro atoms. The molecule has 118 valence electrons. The van der Waals surface area contributed by atoms with Crippen LogP contribution in [0.2, 0.25) is 5.02 Å². The highest BCUT2D eigenvalue weighted by atomic mass is 35.5. The molecule has 2 aliphatic rings. The second-order valence-electron chi connectivity index (χ2n) is 5.77. The van der Waals surface area contributed by atoms with Crippen molar-refractivity contribution in [3.63, 3.8) is 0 Å². The van der Waals surface area contributed by atoms with Gasteiger partial charge in [-0.3, -0.25) is 9.59 Å². The van der Waals surface area contributed by atoms with Crippen LogP contribution >= 0.6 is 11.6 Å². The summed E-state index contributed by atoms with van der Waals surface area (Å²) in [5.74, 6) is 0.797. The van der Waals surface area contributed by atoms with Crippen molar-refractivity contribution in [1.82, 2.24) is 4.90 Å². The molecule has 2 heterocycles. The van der Waals surface area contributed by atoms with Crippen LogP contribution in [0.25, 0.3) is 0 Å². The number of rotatable bonds is 2. The zero-order chi connectivity index (χ0) is 15.7. The Morgan fingerprint density at radius 1 is 1.36 bits per heavy atom. The van der Waals surface area contributed by atoms with E-state index in [1.54, 1.807) is 13.0 Å². The van der Waals surface area contributed by atoms with Crippen molar-refractivity contribution >= 4 is 29.0 Å². The summed E-state index contributed by atoms with van der Waals surface area (Å²) in [6, 6.07) is 3.77. The highest BCUT2D eigenvalue weighted by Gasteiger charge is 2.24. The van der Waals surface area contributed by atoms with Crippen LogP contribution in [0.15, 0.2) is 12.1 Å². The van der Waals surface area contributed by atoms with E-state index < -0.39 is 0 Å². The van der Waals surface area contributed by atoms with Crippen molar-refractivity contribution in [2.75, 3.05) is 25.0 Å². The van der Waals surface area contributed by atoms with E-state index in [2.05, 4.69) is 5.32 Å². The van der Waals surface area contributed by atoms with Gasteiger partial charge in [0.2, 0.25) is 5.91 Å². The number of nitrogens with one attached hydrogen (secondary N) is 1. The first kappa shape index (κ1) is 15.2. The van der Waals surface area contributed by atoms with E-state index in [1.165, 1.54) is 0 Å². The number of Topliss-reactive ketones (excluding diaryl/α,β-unsaturated/α-hetero) is 1. The molecule has 0 radical (unpaired) electrons. The van der Waals surface area contributed by atoms with Gasteiger partial charge in [-0.25, -0.2) is 0 Å². The van der Waals surface area contributed by atoms with Gasteiger partial charge in [0, 0.05) is 38.5 Å². The molecule has 0 aromatic heterocycles. The standard InChI is InChI=1S/C16H19ClN2O3/c1-10(20)19-5-2-11(3-6-19)18-14-9-16-12(8-13(14)17)15(21)4-7-22-16/h8-9,11,18H,2-7H2,1H3. The molecule has 0 aliphatic carbocycles. The third-order valence-electron chi connectivity index (χ3n) is 4.26. The number of benzene rings is 1. The lowest BCUT2D eigenvalue weighted by Gasteiger charge is -2.32. The molecule has 0 atom stereocenters. The number of ketones is 1. The van der Waals surface area contributed by atoms with Crippen LogP contribution < -0.4 is 10.1 Å². The van der Waals surface area contributed by atoms with Crippen molar-refractivity contribution in [3.05, 3.63) is 22.7 Å². The van der Waals surface area contributed by atoms with Crippen LogP contribution in [0, 0.1) is 0 Å². The maximum absolute atomic E-state index is 11.8. The van der Waals surface area contributed by atoms with Gasteiger partial charge in [-0.15, -0.1) is 0 Å². The molecule has 2 aliphatic heterocycles. The molecule has 3 rings (SSSR count). The van der Waals surface area contributed by atoms with Gasteiger partial charge in [0.05, 0.1) is 22.9 Å². The Morgan fingerprint density at radius 3 is 2.77 bits per heavy atom. The van der Waals surface area contributed by atoms with E-state index in [0.29, 0.717) is 29.4 Å². The van der Waals surface area contributed by atoms with Crippen LogP contribution in [0.1, 0.15) is 36.5 Å². The summed E-state index contributed by atoms with van der Waals surface area (Å²) in [7, 11) is 0. The molecule has 6 heteroatoms. The Bertz CT molecular complexity index is 610. The second kappa shape index (κ2) is 6.16. The van der Waals surface area contributed by atoms with Crippen molar-refractivity contribution in [2.24, 2.45) is 0 Å². The van der Waals surface area contributed by atoms with Crippen LogP contribution in [-0.2, 0) is 4.79 Å². The minimum Gasteiger partial charge on any atom is -0.492 e. The lowest BCUT2D eigenvalue weighted by molar-refractivity contribution is -0.129. The quantitative estimate of drug-likeness (QED) is 0.909. The van der Waals surface area contributed by atoms with Gasteiger partial charge in [-0.05, 0) is 18.9 Å². The van der Waals surface area contributed by atoms with Gasteiger partial charge in [0.15, 0.2) is 5.78 Å². The van der Waals surface area contributed by atoms with Crippen molar-refractivity contribution in [1.29, 1.82) is 0 Å². The first-order valence-electron chi connectivity index (χ1n) is 7.56. The van der Waals surface area contributed by atoms with Gasteiger partial charge in [0.1, 0.15) is 5.75 Å². The molecule has 1 aromatic rings. The van der Waals surface area contributed by atoms with Crippen molar-refractivity contribution in [2.45, 2.75) is 32.2 Å². The van der Waals surface area contributed by atoms with Gasteiger partial charge in [-0.1, -0.05) is 11.6 Å². The Labute approximate surface area is 134 Å². The van der Waals surface area contributed by atoms with Gasteiger partial charge in [0.25, 0.3) is 0 Å². The minimum absolute atomic E-state index is 0.0736. The summed E-state index contributed by atoms with van der Waals surface area (Å²) in [6.07, 6.45) is 2.17. The topological polar surface area (TPSA) is 58.6 Å². The Balaban J connectivity index is 1.71. The highest BCUT2D eigenvalue weighted by Crippen LogP contribution is 2.34. The van der Waals surface area contributed by atoms with E-state index in [1.807, 2.05) is 11.0 Å². The Morgan fingerprint density at radius 2 is 2.09 bits per heavy atom. The number of anilines is 1. The number of piperidine rings is 1. The summed E-state index contributed by atoms with van der Waals surface area (Å²) < 4.78 is 5.55. The molecule has 1 amide bonds.